The van der Waals surface area contributed by atoms with Crippen LogP contribution in [0.25, 0.3) is 11.3 Å². The molecule has 3 aromatic rings. The number of aromatic nitrogens is 2. The third kappa shape index (κ3) is 5.53. The normalized spacial score (nSPS) is 10.7. The second-order valence-electron chi connectivity index (χ2n) is 6.52. The smallest absolute Gasteiger partial charge is 0.291 e. The minimum absolute atomic E-state index is 0.00926. The van der Waals surface area contributed by atoms with Gasteiger partial charge in [-0.1, -0.05) is 0 Å². The number of nitrogens with one attached hydrogen (secondary N) is 1. The predicted octanol–water partition coefficient (Wildman–Crippen LogP) is 3.47. The van der Waals surface area contributed by atoms with Crippen LogP contribution in [0.5, 0.6) is 23.0 Å². The molecule has 0 saturated carbocycles. The molecular weight excluding hydrogens is 431 g/mol. The summed E-state index contributed by atoms with van der Waals surface area (Å²) in [7, 11) is 4.21. The summed E-state index contributed by atoms with van der Waals surface area (Å²) in [5.74, 6) is -0.0343. The van der Waals surface area contributed by atoms with Gasteiger partial charge in [-0.2, -0.15) is 9.49 Å². The molecule has 1 amide bonds. The molecule has 172 valence electrons. The van der Waals surface area contributed by atoms with E-state index in [9.17, 15) is 9.18 Å². The van der Waals surface area contributed by atoms with Gasteiger partial charge in [0, 0.05) is 17.2 Å². The summed E-state index contributed by atoms with van der Waals surface area (Å²) in [5.41, 5.74) is 3.98. The fraction of sp³-hybridized carbons (Fsp3) is 0.217. The van der Waals surface area contributed by atoms with Gasteiger partial charge < -0.3 is 18.9 Å². The number of halogens is 1. The van der Waals surface area contributed by atoms with Crippen molar-refractivity contribution >= 4 is 12.1 Å². The second-order valence-corrected chi connectivity index (χ2v) is 6.52. The molecule has 0 fully saturated rings. The molecule has 2 aromatic carbocycles. The summed E-state index contributed by atoms with van der Waals surface area (Å²) in [6.45, 7) is 2.41. The highest BCUT2D eigenvalue weighted by Crippen LogP contribution is 2.32. The van der Waals surface area contributed by atoms with E-state index in [1.165, 1.54) is 52.1 Å². The van der Waals surface area contributed by atoms with Crippen molar-refractivity contribution in [2.45, 2.75) is 6.92 Å². The zero-order chi connectivity index (χ0) is 23.8. The van der Waals surface area contributed by atoms with E-state index in [0.717, 1.165) is 0 Å². The molecule has 0 atom stereocenters. The third-order valence-electron chi connectivity index (χ3n) is 4.47. The summed E-state index contributed by atoms with van der Waals surface area (Å²) in [6.07, 6.45) is 4.17. The van der Waals surface area contributed by atoms with Gasteiger partial charge >= 0.3 is 0 Å². The zero-order valence-electron chi connectivity index (χ0n) is 18.6. The highest BCUT2D eigenvalue weighted by molar-refractivity contribution is 5.93. The molecule has 0 aliphatic rings. The van der Waals surface area contributed by atoms with Crippen molar-refractivity contribution in [1.29, 1.82) is 0 Å². The van der Waals surface area contributed by atoms with Crippen molar-refractivity contribution in [3.05, 3.63) is 59.8 Å². The van der Waals surface area contributed by atoms with E-state index in [2.05, 4.69) is 20.5 Å². The SMILES string of the molecule is CCOc1ccc(-c2cncc(C(=O)NN=Cc3cc(OC)c(F)c(OC)c3)n2)c(OC)c1. The number of hydrazone groups is 1. The van der Waals surface area contributed by atoms with E-state index in [4.69, 9.17) is 18.9 Å². The molecule has 0 aliphatic carbocycles. The van der Waals surface area contributed by atoms with Crippen molar-refractivity contribution in [1.82, 2.24) is 15.4 Å². The molecule has 10 heteroatoms. The average Bonchev–Trinajstić information content (AvgIpc) is 2.84. The Kier molecular flexibility index (Phi) is 7.74. The van der Waals surface area contributed by atoms with Crippen LogP contribution in [0, 0.1) is 5.82 Å². The lowest BCUT2D eigenvalue weighted by atomic mass is 10.1. The van der Waals surface area contributed by atoms with Crippen molar-refractivity contribution < 1.29 is 28.1 Å². The molecule has 0 bridgehead atoms. The molecule has 9 nitrogen and oxygen atoms in total. The number of nitrogens with zero attached hydrogens (tertiary/aromatic N) is 3. The van der Waals surface area contributed by atoms with Crippen molar-refractivity contribution in [2.24, 2.45) is 5.10 Å². The summed E-state index contributed by atoms with van der Waals surface area (Å²) in [5, 5.41) is 3.90. The summed E-state index contributed by atoms with van der Waals surface area (Å²) in [6, 6.07) is 8.15. The van der Waals surface area contributed by atoms with Gasteiger partial charge in [0.1, 0.15) is 17.2 Å². The number of hydrogen-bond acceptors (Lipinski definition) is 8. The van der Waals surface area contributed by atoms with Gasteiger partial charge in [0.25, 0.3) is 5.91 Å². The monoisotopic (exact) mass is 454 g/mol. The molecule has 1 heterocycles. The summed E-state index contributed by atoms with van der Waals surface area (Å²) < 4.78 is 34.9. The quantitative estimate of drug-likeness (QED) is 0.390. The Hall–Kier alpha value is -4.21. The summed E-state index contributed by atoms with van der Waals surface area (Å²) >= 11 is 0. The molecule has 0 aliphatic heterocycles. The Morgan fingerprint density at radius 2 is 1.76 bits per heavy atom. The molecule has 33 heavy (non-hydrogen) atoms. The Morgan fingerprint density at radius 3 is 2.39 bits per heavy atom. The van der Waals surface area contributed by atoms with Crippen molar-refractivity contribution in [3.8, 4) is 34.3 Å². The first-order valence-corrected chi connectivity index (χ1v) is 9.88. The van der Waals surface area contributed by atoms with Crippen LogP contribution in [-0.4, -0.2) is 50.0 Å². The fourth-order valence-corrected chi connectivity index (χ4v) is 2.93. The van der Waals surface area contributed by atoms with Crippen molar-refractivity contribution in [2.75, 3.05) is 27.9 Å². The molecule has 1 aromatic heterocycles. The second kappa shape index (κ2) is 10.9. The number of methoxy groups -OCH3 is 3. The van der Waals surface area contributed by atoms with Gasteiger partial charge in [-0.3, -0.25) is 9.78 Å². The lowest BCUT2D eigenvalue weighted by Gasteiger charge is -2.11. The number of amides is 1. The fourth-order valence-electron chi connectivity index (χ4n) is 2.93. The summed E-state index contributed by atoms with van der Waals surface area (Å²) in [4.78, 5) is 21.0. The predicted molar refractivity (Wildman–Crippen MR) is 120 cm³/mol. The van der Waals surface area contributed by atoms with E-state index in [1.54, 1.807) is 18.2 Å². The topological polar surface area (TPSA) is 104 Å². The maximum absolute atomic E-state index is 14.0. The maximum atomic E-state index is 14.0. The largest absolute Gasteiger partial charge is 0.496 e. The molecule has 0 radical (unpaired) electrons. The molecular formula is C23H23FN4O5. The van der Waals surface area contributed by atoms with Crippen molar-refractivity contribution in [3.63, 3.8) is 0 Å². The number of hydrogen-bond donors (Lipinski definition) is 1. The Labute approximate surface area is 190 Å². The van der Waals surface area contributed by atoms with Gasteiger partial charge in [0.05, 0.1) is 52.2 Å². The third-order valence-corrected chi connectivity index (χ3v) is 4.47. The number of rotatable bonds is 9. The van der Waals surface area contributed by atoms with Crippen LogP contribution in [0.1, 0.15) is 23.0 Å². The number of benzene rings is 2. The van der Waals surface area contributed by atoms with E-state index < -0.39 is 11.7 Å². The first-order chi connectivity index (χ1) is 16.0. The Morgan fingerprint density at radius 1 is 1.06 bits per heavy atom. The average molecular weight is 454 g/mol. The number of ether oxygens (including phenoxy) is 4. The lowest BCUT2D eigenvalue weighted by molar-refractivity contribution is 0.0950. The number of carbonyl (C=O) groups excluding carboxylic acids is 1. The van der Waals surface area contributed by atoms with E-state index in [-0.39, 0.29) is 17.2 Å². The maximum Gasteiger partial charge on any atom is 0.291 e. The highest BCUT2D eigenvalue weighted by atomic mass is 19.1. The molecule has 1 N–H and O–H groups in total. The lowest BCUT2D eigenvalue weighted by Crippen LogP contribution is -2.19. The van der Waals surface area contributed by atoms with E-state index in [0.29, 0.717) is 34.9 Å². The molecule has 0 saturated heterocycles. The van der Waals surface area contributed by atoms with Gasteiger partial charge in [-0.25, -0.2) is 10.4 Å². The Bertz CT molecular complexity index is 1140. The van der Waals surface area contributed by atoms with Gasteiger partial charge in [-0.05, 0) is 31.2 Å². The minimum Gasteiger partial charge on any atom is -0.496 e. The molecule has 3 rings (SSSR count). The standard InChI is InChI=1S/C23H23FN4O5/c1-5-33-15-6-7-16(19(10-15)30-2)17-12-25-13-18(27-17)23(29)28-26-11-14-8-20(31-3)22(24)21(9-14)32-4/h6-13H,5H2,1-4H3,(H,28,29). The number of carbonyl (C=O) groups is 1. The van der Waals surface area contributed by atoms with Gasteiger partial charge in [0.2, 0.25) is 5.82 Å². The minimum atomic E-state index is -0.627. The van der Waals surface area contributed by atoms with Crippen LogP contribution in [0.15, 0.2) is 47.8 Å². The van der Waals surface area contributed by atoms with E-state index >= 15 is 0 Å². The van der Waals surface area contributed by atoms with Crippen LogP contribution < -0.4 is 24.4 Å². The van der Waals surface area contributed by atoms with Gasteiger partial charge in [-0.15, -0.1) is 0 Å². The van der Waals surface area contributed by atoms with Crippen LogP contribution in [0.2, 0.25) is 0 Å². The van der Waals surface area contributed by atoms with Crippen LogP contribution in [-0.2, 0) is 0 Å². The van der Waals surface area contributed by atoms with Gasteiger partial charge in [0.15, 0.2) is 11.5 Å². The Balaban J connectivity index is 1.78. The first-order valence-electron chi connectivity index (χ1n) is 9.88. The molecule has 0 spiro atoms. The highest BCUT2D eigenvalue weighted by Gasteiger charge is 2.14. The molecule has 0 unspecified atom stereocenters. The van der Waals surface area contributed by atoms with E-state index in [1.807, 2.05) is 6.92 Å². The van der Waals surface area contributed by atoms with Crippen LogP contribution in [0.4, 0.5) is 4.39 Å². The van der Waals surface area contributed by atoms with Crippen LogP contribution >= 0.6 is 0 Å². The van der Waals surface area contributed by atoms with Crippen LogP contribution in [0.3, 0.4) is 0 Å². The zero-order valence-corrected chi connectivity index (χ0v) is 18.6. The first kappa shape index (κ1) is 23.5.